The SMILES string of the molecule is Brc1cccc2cc3c(ccc4ccccc43)c(I)c12. The summed E-state index contributed by atoms with van der Waals surface area (Å²) >= 11 is 6.14. The van der Waals surface area contributed by atoms with Crippen molar-refractivity contribution in [2.45, 2.75) is 0 Å². The van der Waals surface area contributed by atoms with E-state index in [-0.39, 0.29) is 0 Å². The molecule has 0 atom stereocenters. The van der Waals surface area contributed by atoms with E-state index in [9.17, 15) is 0 Å². The third-order valence-corrected chi connectivity index (χ3v) is 5.55. The summed E-state index contributed by atoms with van der Waals surface area (Å²) < 4.78 is 2.47. The molecule has 0 aromatic heterocycles. The zero-order chi connectivity index (χ0) is 13.7. The minimum absolute atomic E-state index is 1.16. The van der Waals surface area contributed by atoms with Crippen molar-refractivity contribution in [3.63, 3.8) is 0 Å². The molecular weight excluding hydrogens is 423 g/mol. The predicted octanol–water partition coefficient (Wildman–Crippen LogP) is 6.51. The summed E-state index contributed by atoms with van der Waals surface area (Å²) in [4.78, 5) is 0. The topological polar surface area (TPSA) is 0 Å². The maximum atomic E-state index is 3.68. The highest BCUT2D eigenvalue weighted by Gasteiger charge is 2.09. The highest BCUT2D eigenvalue weighted by atomic mass is 127. The standard InChI is InChI=1S/C18H10BrI/c19-16-7-3-5-12-10-15-13-6-2-1-4-11(13)8-9-14(15)18(20)17(12)16/h1-10H. The molecule has 0 bridgehead atoms. The molecule has 96 valence electrons. The van der Waals surface area contributed by atoms with Crippen LogP contribution in [0.1, 0.15) is 0 Å². The van der Waals surface area contributed by atoms with Crippen LogP contribution in [-0.4, -0.2) is 0 Å². The molecule has 0 radical (unpaired) electrons. The fraction of sp³-hybridized carbons (Fsp3) is 0. The van der Waals surface area contributed by atoms with Crippen LogP contribution in [0.15, 0.2) is 65.1 Å². The molecule has 4 aromatic carbocycles. The number of halogens is 2. The van der Waals surface area contributed by atoms with Crippen LogP contribution in [0.2, 0.25) is 0 Å². The summed E-state index contributed by atoms with van der Waals surface area (Å²) in [7, 11) is 0. The number of rotatable bonds is 0. The van der Waals surface area contributed by atoms with Crippen LogP contribution < -0.4 is 0 Å². The third kappa shape index (κ3) is 1.78. The van der Waals surface area contributed by atoms with Crippen molar-refractivity contribution in [3.05, 3.63) is 68.7 Å². The molecule has 0 saturated carbocycles. The van der Waals surface area contributed by atoms with E-state index in [0.29, 0.717) is 0 Å². The smallest absolute Gasteiger partial charge is 0.0298 e. The molecule has 0 N–H and O–H groups in total. The van der Waals surface area contributed by atoms with E-state index in [0.717, 1.165) is 4.47 Å². The molecular formula is C18H10BrI. The van der Waals surface area contributed by atoms with E-state index in [1.807, 2.05) is 0 Å². The van der Waals surface area contributed by atoms with Crippen molar-refractivity contribution in [2.24, 2.45) is 0 Å². The van der Waals surface area contributed by atoms with Crippen molar-refractivity contribution in [1.82, 2.24) is 0 Å². The minimum Gasteiger partial charge on any atom is -0.0616 e. The summed E-state index contributed by atoms with van der Waals surface area (Å²) in [6, 6.07) is 21.7. The summed E-state index contributed by atoms with van der Waals surface area (Å²) in [5.74, 6) is 0. The lowest BCUT2D eigenvalue weighted by atomic mass is 9.98. The predicted molar refractivity (Wildman–Crippen MR) is 99.4 cm³/mol. The number of hydrogen-bond acceptors (Lipinski definition) is 0. The molecule has 2 heteroatoms. The van der Waals surface area contributed by atoms with Gasteiger partial charge in [-0.15, -0.1) is 0 Å². The molecule has 20 heavy (non-hydrogen) atoms. The quantitative estimate of drug-likeness (QED) is 0.169. The van der Waals surface area contributed by atoms with E-state index < -0.39 is 0 Å². The first kappa shape index (κ1) is 12.6. The Balaban J connectivity index is 2.32. The molecule has 0 aliphatic carbocycles. The molecule has 0 heterocycles. The number of benzene rings is 4. The Labute approximate surface area is 139 Å². The molecule has 4 rings (SSSR count). The van der Waals surface area contributed by atoms with Crippen LogP contribution in [0, 0.1) is 3.57 Å². The lowest BCUT2D eigenvalue weighted by Gasteiger charge is -2.10. The van der Waals surface area contributed by atoms with Crippen LogP contribution in [0.5, 0.6) is 0 Å². The lowest BCUT2D eigenvalue weighted by molar-refractivity contribution is 1.71. The number of hydrogen-bond donors (Lipinski definition) is 0. The van der Waals surface area contributed by atoms with Crippen LogP contribution in [-0.2, 0) is 0 Å². The Hall–Kier alpha value is -1.13. The summed E-state index contributed by atoms with van der Waals surface area (Å²) in [6.07, 6.45) is 0. The molecule has 0 saturated heterocycles. The maximum absolute atomic E-state index is 3.68. The second-order valence-electron chi connectivity index (χ2n) is 4.91. The second-order valence-corrected chi connectivity index (χ2v) is 6.84. The summed E-state index contributed by atoms with van der Waals surface area (Å²) in [6.45, 7) is 0. The zero-order valence-corrected chi connectivity index (χ0v) is 14.3. The highest BCUT2D eigenvalue weighted by molar-refractivity contribution is 14.1. The molecule has 0 unspecified atom stereocenters. The molecule has 0 spiro atoms. The molecule has 0 aliphatic heterocycles. The Bertz CT molecular complexity index is 973. The van der Waals surface area contributed by atoms with Crippen molar-refractivity contribution in [3.8, 4) is 0 Å². The van der Waals surface area contributed by atoms with Gasteiger partial charge in [-0.3, -0.25) is 0 Å². The molecule has 0 aliphatic rings. The molecule has 0 amide bonds. The minimum atomic E-state index is 1.16. The Kier molecular flexibility index (Phi) is 2.97. The normalized spacial score (nSPS) is 11.5. The van der Waals surface area contributed by atoms with Gasteiger partial charge in [0.1, 0.15) is 0 Å². The average molecular weight is 433 g/mol. The van der Waals surface area contributed by atoms with Gasteiger partial charge in [-0.2, -0.15) is 0 Å². The van der Waals surface area contributed by atoms with Gasteiger partial charge < -0.3 is 0 Å². The van der Waals surface area contributed by atoms with Crippen LogP contribution >= 0.6 is 38.5 Å². The van der Waals surface area contributed by atoms with Crippen molar-refractivity contribution >= 4 is 70.8 Å². The summed E-state index contributed by atoms with van der Waals surface area (Å²) in [5, 5.41) is 7.86. The first-order valence-electron chi connectivity index (χ1n) is 6.44. The first-order valence-corrected chi connectivity index (χ1v) is 8.31. The van der Waals surface area contributed by atoms with E-state index in [4.69, 9.17) is 0 Å². The Morgan fingerprint density at radius 3 is 2.40 bits per heavy atom. The van der Waals surface area contributed by atoms with E-state index in [2.05, 4.69) is 99.2 Å². The van der Waals surface area contributed by atoms with Gasteiger partial charge in [-0.05, 0) is 61.7 Å². The third-order valence-electron chi connectivity index (χ3n) is 3.77. The van der Waals surface area contributed by atoms with E-state index in [1.165, 1.54) is 35.9 Å². The molecule has 0 fully saturated rings. The van der Waals surface area contributed by atoms with Gasteiger partial charge in [0.15, 0.2) is 0 Å². The van der Waals surface area contributed by atoms with Gasteiger partial charge in [-0.1, -0.05) is 64.5 Å². The first-order chi connectivity index (χ1) is 9.75. The maximum Gasteiger partial charge on any atom is 0.0298 e. The zero-order valence-electron chi connectivity index (χ0n) is 10.5. The van der Waals surface area contributed by atoms with Gasteiger partial charge >= 0.3 is 0 Å². The van der Waals surface area contributed by atoms with E-state index >= 15 is 0 Å². The molecule has 4 aromatic rings. The van der Waals surface area contributed by atoms with Crippen molar-refractivity contribution in [2.75, 3.05) is 0 Å². The van der Waals surface area contributed by atoms with Gasteiger partial charge in [-0.25, -0.2) is 0 Å². The van der Waals surface area contributed by atoms with Gasteiger partial charge in [0, 0.05) is 13.4 Å². The van der Waals surface area contributed by atoms with Gasteiger partial charge in [0.25, 0.3) is 0 Å². The number of fused-ring (bicyclic) bond motifs is 4. The summed E-state index contributed by atoms with van der Waals surface area (Å²) in [5.41, 5.74) is 0. The van der Waals surface area contributed by atoms with Gasteiger partial charge in [0.05, 0.1) is 0 Å². The average Bonchev–Trinajstić information content (AvgIpc) is 2.47. The van der Waals surface area contributed by atoms with Crippen LogP contribution in [0.4, 0.5) is 0 Å². The Morgan fingerprint density at radius 1 is 0.700 bits per heavy atom. The fourth-order valence-electron chi connectivity index (χ4n) is 2.83. The highest BCUT2D eigenvalue weighted by Crippen LogP contribution is 2.36. The monoisotopic (exact) mass is 432 g/mol. The largest absolute Gasteiger partial charge is 0.0616 e. The Morgan fingerprint density at radius 2 is 1.50 bits per heavy atom. The van der Waals surface area contributed by atoms with E-state index in [1.54, 1.807) is 0 Å². The molecule has 0 nitrogen and oxygen atoms in total. The lowest BCUT2D eigenvalue weighted by Crippen LogP contribution is -1.85. The van der Waals surface area contributed by atoms with Crippen LogP contribution in [0.25, 0.3) is 32.3 Å². The van der Waals surface area contributed by atoms with Gasteiger partial charge in [0.2, 0.25) is 0 Å². The van der Waals surface area contributed by atoms with Crippen molar-refractivity contribution < 1.29 is 0 Å². The van der Waals surface area contributed by atoms with Crippen LogP contribution in [0.3, 0.4) is 0 Å². The fourth-order valence-corrected chi connectivity index (χ4v) is 4.85. The van der Waals surface area contributed by atoms with Crippen molar-refractivity contribution in [1.29, 1.82) is 0 Å². The second kappa shape index (κ2) is 4.71.